The van der Waals surface area contributed by atoms with E-state index in [2.05, 4.69) is 0 Å². The zero-order valence-electron chi connectivity index (χ0n) is 10.3. The molecule has 0 aromatic heterocycles. The fraction of sp³-hybridized carbons (Fsp3) is 0.286. The van der Waals surface area contributed by atoms with Crippen LogP contribution >= 0.6 is 0 Å². The molecular formula is C14H18O2. The largest absolute Gasteiger partial charge is 0.295 e. The molecule has 0 saturated carbocycles. The maximum Gasteiger partial charge on any atom is 0.159 e. The van der Waals surface area contributed by atoms with Gasteiger partial charge < -0.3 is 0 Å². The van der Waals surface area contributed by atoms with Crippen LogP contribution in [0, 0.1) is 0 Å². The lowest BCUT2D eigenvalue weighted by Gasteiger charge is -1.89. The highest BCUT2D eigenvalue weighted by molar-refractivity contribution is 5.93. The molecule has 0 unspecified atom stereocenters. The standard InChI is InChI=1S/C8H8O.C6H10O/c1-7(9)8-5-3-2-4-6-8;1-5(2)4-6(3)7/h2-6H,1H3;4H,1-3H3. The smallest absolute Gasteiger partial charge is 0.159 e. The molecule has 1 aromatic rings. The number of rotatable bonds is 2. The molecule has 2 nitrogen and oxygen atoms in total. The monoisotopic (exact) mass is 218 g/mol. The number of carbonyl (C=O) groups is 2. The van der Waals surface area contributed by atoms with Crippen molar-refractivity contribution >= 4 is 11.6 Å². The molecule has 0 N–H and O–H groups in total. The van der Waals surface area contributed by atoms with Crippen LogP contribution in [-0.4, -0.2) is 11.6 Å². The molecule has 2 heteroatoms. The number of carbonyl (C=O) groups excluding carboxylic acids is 2. The highest BCUT2D eigenvalue weighted by Crippen LogP contribution is 1.97. The van der Waals surface area contributed by atoms with E-state index in [0.29, 0.717) is 0 Å². The molecule has 1 rings (SSSR count). The summed E-state index contributed by atoms with van der Waals surface area (Å²) in [5.74, 6) is 0.246. The second kappa shape index (κ2) is 7.57. The summed E-state index contributed by atoms with van der Waals surface area (Å²) in [7, 11) is 0. The second-order valence-electron chi connectivity index (χ2n) is 3.75. The van der Waals surface area contributed by atoms with Gasteiger partial charge in [0.05, 0.1) is 0 Å². The van der Waals surface area contributed by atoms with Crippen molar-refractivity contribution in [1.82, 2.24) is 0 Å². The van der Waals surface area contributed by atoms with Crippen molar-refractivity contribution in [3.05, 3.63) is 47.5 Å². The van der Waals surface area contributed by atoms with Crippen LogP contribution in [0.5, 0.6) is 0 Å². The van der Waals surface area contributed by atoms with Crippen molar-refractivity contribution in [2.45, 2.75) is 27.7 Å². The molecule has 0 aliphatic rings. The quantitative estimate of drug-likeness (QED) is 0.563. The number of allylic oxidation sites excluding steroid dienone is 2. The van der Waals surface area contributed by atoms with Crippen LogP contribution < -0.4 is 0 Å². The molecule has 0 spiro atoms. The van der Waals surface area contributed by atoms with E-state index < -0.39 is 0 Å². The van der Waals surface area contributed by atoms with Gasteiger partial charge in [0.1, 0.15) is 0 Å². The lowest BCUT2D eigenvalue weighted by atomic mass is 10.2. The van der Waals surface area contributed by atoms with Gasteiger partial charge in [-0.1, -0.05) is 35.9 Å². The Hall–Kier alpha value is -1.70. The third-order valence-electron chi connectivity index (χ3n) is 1.67. The van der Waals surface area contributed by atoms with Crippen LogP contribution in [0.25, 0.3) is 0 Å². The maximum absolute atomic E-state index is 10.6. The molecular weight excluding hydrogens is 200 g/mol. The first-order valence-electron chi connectivity index (χ1n) is 5.15. The SMILES string of the molecule is CC(=O)C=C(C)C.CC(=O)c1ccccc1. The number of benzene rings is 1. The summed E-state index contributed by atoms with van der Waals surface area (Å²) < 4.78 is 0. The van der Waals surface area contributed by atoms with E-state index in [1.165, 1.54) is 0 Å². The fourth-order valence-electron chi connectivity index (χ4n) is 1.08. The zero-order chi connectivity index (χ0) is 12.6. The number of hydrogen-bond donors (Lipinski definition) is 0. The van der Waals surface area contributed by atoms with E-state index in [-0.39, 0.29) is 11.6 Å². The molecule has 16 heavy (non-hydrogen) atoms. The summed E-state index contributed by atoms with van der Waals surface area (Å²) in [5.41, 5.74) is 1.84. The van der Waals surface area contributed by atoms with E-state index in [9.17, 15) is 9.59 Å². The molecule has 0 saturated heterocycles. The summed E-state index contributed by atoms with van der Waals surface area (Å²) >= 11 is 0. The summed E-state index contributed by atoms with van der Waals surface area (Å²) in [6.07, 6.45) is 1.61. The first kappa shape index (κ1) is 14.3. The van der Waals surface area contributed by atoms with Gasteiger partial charge >= 0.3 is 0 Å². The van der Waals surface area contributed by atoms with Gasteiger partial charge in [0, 0.05) is 5.56 Å². The van der Waals surface area contributed by atoms with Gasteiger partial charge in [0.2, 0.25) is 0 Å². The molecule has 0 atom stereocenters. The summed E-state index contributed by atoms with van der Waals surface area (Å²) in [6.45, 7) is 6.92. The van der Waals surface area contributed by atoms with E-state index in [1.807, 2.05) is 44.2 Å². The Balaban J connectivity index is 0.000000293. The third-order valence-corrected chi connectivity index (χ3v) is 1.67. The Bertz CT molecular complexity index is 371. The van der Waals surface area contributed by atoms with Crippen molar-refractivity contribution in [2.24, 2.45) is 0 Å². The molecule has 0 aliphatic carbocycles. The van der Waals surface area contributed by atoms with E-state index in [4.69, 9.17) is 0 Å². The van der Waals surface area contributed by atoms with Crippen LogP contribution in [0.1, 0.15) is 38.1 Å². The second-order valence-corrected chi connectivity index (χ2v) is 3.75. The van der Waals surface area contributed by atoms with E-state index >= 15 is 0 Å². The lowest BCUT2D eigenvalue weighted by Crippen LogP contribution is -1.88. The van der Waals surface area contributed by atoms with Crippen LogP contribution in [0.2, 0.25) is 0 Å². The average molecular weight is 218 g/mol. The summed E-state index contributed by atoms with van der Waals surface area (Å²) in [6, 6.07) is 9.23. The molecule has 1 aromatic carbocycles. The van der Waals surface area contributed by atoms with E-state index in [1.54, 1.807) is 19.9 Å². The van der Waals surface area contributed by atoms with Crippen LogP contribution in [-0.2, 0) is 4.79 Å². The number of ketones is 2. The maximum atomic E-state index is 10.6. The highest BCUT2D eigenvalue weighted by Gasteiger charge is 1.92. The summed E-state index contributed by atoms with van der Waals surface area (Å²) in [5, 5.41) is 0. The van der Waals surface area contributed by atoms with Crippen molar-refractivity contribution < 1.29 is 9.59 Å². The average Bonchev–Trinajstić information content (AvgIpc) is 2.17. The van der Waals surface area contributed by atoms with Gasteiger partial charge in [-0.2, -0.15) is 0 Å². The Morgan fingerprint density at radius 1 is 0.938 bits per heavy atom. The predicted octanol–water partition coefficient (Wildman–Crippen LogP) is 3.43. The molecule has 0 bridgehead atoms. The van der Waals surface area contributed by atoms with Crippen molar-refractivity contribution in [3.8, 4) is 0 Å². The molecule has 0 heterocycles. The number of Topliss-reactive ketones (excluding diaryl/α,β-unsaturated/α-hetero) is 1. The molecule has 86 valence electrons. The fourth-order valence-corrected chi connectivity index (χ4v) is 1.08. The number of hydrogen-bond acceptors (Lipinski definition) is 2. The topological polar surface area (TPSA) is 34.1 Å². The highest BCUT2D eigenvalue weighted by atomic mass is 16.1. The third kappa shape index (κ3) is 7.68. The van der Waals surface area contributed by atoms with Crippen molar-refractivity contribution in [3.63, 3.8) is 0 Å². The Morgan fingerprint density at radius 3 is 1.62 bits per heavy atom. The first-order valence-corrected chi connectivity index (χ1v) is 5.15. The summed E-state index contributed by atoms with van der Waals surface area (Å²) in [4.78, 5) is 20.8. The van der Waals surface area contributed by atoms with E-state index in [0.717, 1.165) is 11.1 Å². The van der Waals surface area contributed by atoms with Gasteiger partial charge in [-0.05, 0) is 33.8 Å². The van der Waals surface area contributed by atoms with Gasteiger partial charge in [-0.15, -0.1) is 0 Å². The zero-order valence-corrected chi connectivity index (χ0v) is 10.3. The molecule has 0 radical (unpaired) electrons. The van der Waals surface area contributed by atoms with Gasteiger partial charge in [-0.3, -0.25) is 9.59 Å². The van der Waals surface area contributed by atoms with Gasteiger partial charge in [0.15, 0.2) is 11.6 Å². The minimum atomic E-state index is 0.121. The van der Waals surface area contributed by atoms with Crippen molar-refractivity contribution in [2.75, 3.05) is 0 Å². The van der Waals surface area contributed by atoms with Crippen LogP contribution in [0.3, 0.4) is 0 Å². The Kier molecular flexibility index (Phi) is 6.77. The molecule has 0 amide bonds. The van der Waals surface area contributed by atoms with Crippen LogP contribution in [0.15, 0.2) is 42.0 Å². The predicted molar refractivity (Wildman–Crippen MR) is 66.6 cm³/mol. The first-order chi connectivity index (χ1) is 7.43. The van der Waals surface area contributed by atoms with Gasteiger partial charge in [-0.25, -0.2) is 0 Å². The Morgan fingerprint density at radius 2 is 1.44 bits per heavy atom. The van der Waals surface area contributed by atoms with Gasteiger partial charge in [0.25, 0.3) is 0 Å². The lowest BCUT2D eigenvalue weighted by molar-refractivity contribution is -0.112. The molecule has 0 aliphatic heterocycles. The minimum absolute atomic E-state index is 0.121. The van der Waals surface area contributed by atoms with Crippen molar-refractivity contribution in [1.29, 1.82) is 0 Å². The normalized spacial score (nSPS) is 8.50. The Labute approximate surface area is 97.0 Å². The van der Waals surface area contributed by atoms with Crippen LogP contribution in [0.4, 0.5) is 0 Å². The molecule has 0 fully saturated rings. The minimum Gasteiger partial charge on any atom is -0.295 e.